The van der Waals surface area contributed by atoms with Crippen LogP contribution in [-0.4, -0.2) is 13.9 Å². The Hall–Kier alpha value is 0.480. The Balaban J connectivity index is 2.35. The zero-order valence-electron chi connectivity index (χ0n) is 13.3. The van der Waals surface area contributed by atoms with Gasteiger partial charge < -0.3 is 0 Å². The SMILES string of the molecule is CCCCCCCCCC(C)(C)Sc1c(S)n(S)[nH]c1=S. The van der Waals surface area contributed by atoms with Gasteiger partial charge in [-0.2, -0.15) is 0 Å². The summed E-state index contributed by atoms with van der Waals surface area (Å²) in [7, 11) is 0. The number of H-pyrrole nitrogens is 1. The van der Waals surface area contributed by atoms with Crippen LogP contribution in [0.3, 0.4) is 0 Å². The molecule has 0 amide bonds. The Bertz CT molecular complexity index is 477. The predicted octanol–water partition coefficient (Wildman–Crippen LogP) is 6.54. The van der Waals surface area contributed by atoms with E-state index in [4.69, 9.17) is 12.2 Å². The first kappa shape index (κ1) is 19.5. The second kappa shape index (κ2) is 9.58. The second-order valence-electron chi connectivity index (χ2n) is 6.14. The third-order valence-corrected chi connectivity index (χ3v) is 6.39. The van der Waals surface area contributed by atoms with E-state index in [1.165, 1.54) is 51.4 Å². The van der Waals surface area contributed by atoms with Gasteiger partial charge in [-0.3, -0.25) is 5.10 Å². The monoisotopic (exact) mass is 364 g/mol. The van der Waals surface area contributed by atoms with Gasteiger partial charge in [-0.1, -0.05) is 77.9 Å². The summed E-state index contributed by atoms with van der Waals surface area (Å²) in [6.07, 6.45) is 10.7. The van der Waals surface area contributed by atoms with Gasteiger partial charge in [0.15, 0.2) is 0 Å². The summed E-state index contributed by atoms with van der Waals surface area (Å²) < 4.78 is 2.49. The van der Waals surface area contributed by atoms with Crippen LogP contribution in [0.25, 0.3) is 0 Å². The largest absolute Gasteiger partial charge is 0.276 e. The van der Waals surface area contributed by atoms with Gasteiger partial charge in [-0.05, 0) is 19.2 Å². The molecule has 0 radical (unpaired) electrons. The number of hydrogen-bond acceptors (Lipinski definition) is 4. The molecule has 0 aliphatic heterocycles. The minimum absolute atomic E-state index is 0.178. The van der Waals surface area contributed by atoms with Crippen molar-refractivity contribution in [1.82, 2.24) is 9.19 Å². The van der Waals surface area contributed by atoms with Crippen molar-refractivity contribution < 1.29 is 0 Å². The van der Waals surface area contributed by atoms with Gasteiger partial charge in [-0.25, -0.2) is 4.09 Å². The lowest BCUT2D eigenvalue weighted by atomic mass is 10.0. The van der Waals surface area contributed by atoms with Crippen molar-refractivity contribution in [3.63, 3.8) is 0 Å². The first-order chi connectivity index (χ1) is 9.87. The fourth-order valence-electron chi connectivity index (χ4n) is 2.32. The van der Waals surface area contributed by atoms with Crippen LogP contribution in [0.15, 0.2) is 9.92 Å². The minimum Gasteiger partial charge on any atom is -0.276 e. The maximum absolute atomic E-state index is 5.33. The van der Waals surface area contributed by atoms with Crippen molar-refractivity contribution in [3.05, 3.63) is 4.64 Å². The summed E-state index contributed by atoms with van der Waals surface area (Å²) in [5.41, 5.74) is 0. The third kappa shape index (κ3) is 7.06. The summed E-state index contributed by atoms with van der Waals surface area (Å²) in [5.74, 6) is 0. The van der Waals surface area contributed by atoms with E-state index in [0.717, 1.165) is 14.6 Å². The number of rotatable bonds is 10. The van der Waals surface area contributed by atoms with Gasteiger partial charge in [0.1, 0.15) is 9.67 Å². The van der Waals surface area contributed by atoms with Gasteiger partial charge in [0, 0.05) is 4.75 Å². The average molecular weight is 365 g/mol. The molecule has 1 rings (SSSR count). The number of nitrogens with one attached hydrogen (secondary N) is 1. The molecule has 1 aromatic rings. The first-order valence-corrected chi connectivity index (χ1v) is 9.87. The zero-order valence-corrected chi connectivity index (χ0v) is 16.7. The van der Waals surface area contributed by atoms with E-state index in [-0.39, 0.29) is 4.75 Å². The molecule has 0 bridgehead atoms. The molecule has 1 aromatic heterocycles. The lowest BCUT2D eigenvalue weighted by Gasteiger charge is -2.23. The molecule has 0 aromatic carbocycles. The highest BCUT2D eigenvalue weighted by Crippen LogP contribution is 2.40. The van der Waals surface area contributed by atoms with Crippen LogP contribution in [-0.2, 0) is 0 Å². The average Bonchev–Trinajstić information content (AvgIpc) is 2.64. The molecule has 6 heteroatoms. The van der Waals surface area contributed by atoms with E-state index < -0.39 is 0 Å². The highest BCUT2D eigenvalue weighted by atomic mass is 32.2. The Morgan fingerprint density at radius 1 is 1.14 bits per heavy atom. The van der Waals surface area contributed by atoms with Gasteiger partial charge in [0.05, 0.1) is 4.90 Å². The van der Waals surface area contributed by atoms with Crippen molar-refractivity contribution in [1.29, 1.82) is 0 Å². The lowest BCUT2D eigenvalue weighted by molar-refractivity contribution is 0.536. The highest BCUT2D eigenvalue weighted by molar-refractivity contribution is 8.01. The summed E-state index contributed by atoms with van der Waals surface area (Å²) >= 11 is 15.9. The van der Waals surface area contributed by atoms with Crippen LogP contribution in [0.2, 0.25) is 0 Å². The molecule has 0 spiro atoms. The van der Waals surface area contributed by atoms with E-state index in [1.807, 2.05) is 11.8 Å². The normalized spacial score (nSPS) is 12.0. The van der Waals surface area contributed by atoms with Crippen LogP contribution in [0.5, 0.6) is 0 Å². The van der Waals surface area contributed by atoms with Crippen LogP contribution >= 0.6 is 49.4 Å². The molecular weight excluding hydrogens is 336 g/mol. The van der Waals surface area contributed by atoms with Crippen molar-refractivity contribution in [2.24, 2.45) is 0 Å². The number of hydrogen-bond donors (Lipinski definition) is 3. The molecule has 1 heterocycles. The lowest BCUT2D eigenvalue weighted by Crippen LogP contribution is -2.14. The van der Waals surface area contributed by atoms with Crippen LogP contribution in [0.1, 0.15) is 72.1 Å². The fourth-order valence-corrected chi connectivity index (χ4v) is 4.47. The van der Waals surface area contributed by atoms with Crippen molar-refractivity contribution in [3.8, 4) is 0 Å². The fraction of sp³-hybridized carbons (Fsp3) is 0.800. The topological polar surface area (TPSA) is 20.7 Å². The second-order valence-corrected chi connectivity index (χ2v) is 9.09. The van der Waals surface area contributed by atoms with E-state index >= 15 is 0 Å². The zero-order chi connectivity index (χ0) is 15.9. The van der Waals surface area contributed by atoms with E-state index in [0.29, 0.717) is 0 Å². The summed E-state index contributed by atoms with van der Waals surface area (Å²) in [4.78, 5) is 1.04. The Labute approximate surface area is 149 Å². The number of thioether (sulfide) groups is 1. The summed E-state index contributed by atoms with van der Waals surface area (Å²) in [5, 5.41) is 3.80. The number of thiol groups is 2. The Kier molecular flexibility index (Phi) is 8.91. The molecule has 0 saturated heterocycles. The van der Waals surface area contributed by atoms with Gasteiger partial charge >= 0.3 is 0 Å². The van der Waals surface area contributed by atoms with Crippen LogP contribution in [0.4, 0.5) is 0 Å². The highest BCUT2D eigenvalue weighted by Gasteiger charge is 2.22. The van der Waals surface area contributed by atoms with Crippen LogP contribution < -0.4 is 0 Å². The minimum atomic E-state index is 0.178. The van der Waals surface area contributed by atoms with Gasteiger partial charge in [-0.15, -0.1) is 24.4 Å². The Morgan fingerprint density at radius 3 is 2.24 bits per heavy atom. The van der Waals surface area contributed by atoms with Crippen molar-refractivity contribution in [2.45, 2.75) is 86.8 Å². The molecule has 0 atom stereocenters. The molecule has 0 fully saturated rings. The molecule has 21 heavy (non-hydrogen) atoms. The van der Waals surface area contributed by atoms with E-state index in [2.05, 4.69) is 51.3 Å². The smallest absolute Gasteiger partial charge is 0.135 e. The molecule has 0 saturated carbocycles. The standard InChI is InChI=1S/C15H28N2S4/c1-4-5-6-7-8-9-10-11-15(2,3)21-12-13(18)16-17(20)14(12)19/h19-20H,4-11H2,1-3H3,(H,16,18). The van der Waals surface area contributed by atoms with Crippen molar-refractivity contribution in [2.75, 3.05) is 0 Å². The number of aromatic amines is 1. The number of unbranched alkanes of at least 4 members (excludes halogenated alkanes) is 6. The quantitative estimate of drug-likeness (QED) is 0.190. The molecule has 122 valence electrons. The molecule has 0 unspecified atom stereocenters. The summed E-state index contributed by atoms with van der Waals surface area (Å²) in [6.45, 7) is 6.83. The molecule has 2 nitrogen and oxygen atoms in total. The maximum atomic E-state index is 5.33. The van der Waals surface area contributed by atoms with E-state index in [9.17, 15) is 0 Å². The van der Waals surface area contributed by atoms with E-state index in [1.54, 1.807) is 4.09 Å². The molecule has 0 aliphatic rings. The maximum Gasteiger partial charge on any atom is 0.135 e. The third-order valence-electron chi connectivity index (χ3n) is 3.58. The first-order valence-electron chi connectivity index (χ1n) is 7.79. The number of aromatic nitrogens is 2. The van der Waals surface area contributed by atoms with Gasteiger partial charge in [0.2, 0.25) is 0 Å². The summed E-state index contributed by atoms with van der Waals surface area (Å²) in [6, 6.07) is 0. The number of nitrogens with zero attached hydrogens (tertiary/aromatic N) is 1. The molecule has 0 aliphatic carbocycles. The predicted molar refractivity (Wildman–Crippen MR) is 104 cm³/mol. The molecule has 1 N–H and O–H groups in total. The Morgan fingerprint density at radius 2 is 1.71 bits per heavy atom. The van der Waals surface area contributed by atoms with Crippen LogP contribution in [0, 0.1) is 4.64 Å². The van der Waals surface area contributed by atoms with Gasteiger partial charge in [0.25, 0.3) is 0 Å². The van der Waals surface area contributed by atoms with Crippen molar-refractivity contribution >= 4 is 49.4 Å². The molecular formula is C15H28N2S4.